The quantitative estimate of drug-likeness (QED) is 0.470. The second-order valence-electron chi connectivity index (χ2n) is 5.98. The Labute approximate surface area is 173 Å². The predicted molar refractivity (Wildman–Crippen MR) is 112 cm³/mol. The normalized spacial score (nSPS) is 10.9. The summed E-state index contributed by atoms with van der Waals surface area (Å²) in [5.74, 6) is -0.608. The minimum absolute atomic E-state index is 0.0710. The van der Waals surface area contributed by atoms with Crippen LogP contribution in [0.3, 0.4) is 0 Å². The van der Waals surface area contributed by atoms with Gasteiger partial charge in [0.25, 0.3) is 5.91 Å². The first kappa shape index (κ1) is 18.7. The largest absolute Gasteiger partial charge is 0.417 e. The van der Waals surface area contributed by atoms with E-state index >= 15 is 0 Å². The van der Waals surface area contributed by atoms with E-state index < -0.39 is 11.5 Å². The maximum Gasteiger partial charge on any atom is 0.344 e. The summed E-state index contributed by atoms with van der Waals surface area (Å²) in [5, 5.41) is 5.33. The number of nitrogens with zero attached hydrogens (tertiary/aromatic N) is 1. The Kier molecular flexibility index (Phi) is 5.17. The van der Waals surface area contributed by atoms with Gasteiger partial charge in [-0.1, -0.05) is 41.4 Å². The van der Waals surface area contributed by atoms with E-state index in [2.05, 4.69) is 10.3 Å². The molecule has 0 spiro atoms. The van der Waals surface area contributed by atoms with Gasteiger partial charge < -0.3 is 4.42 Å². The topological polar surface area (TPSA) is 72.2 Å². The zero-order valence-corrected chi connectivity index (χ0v) is 16.6. The molecular formula is C20H12Cl2N2O3S. The van der Waals surface area contributed by atoms with Crippen LogP contribution in [0.25, 0.3) is 10.8 Å². The number of anilines is 1. The number of nitrogens with one attached hydrogen (secondary N) is 1. The second-order valence-corrected chi connectivity index (χ2v) is 7.94. The van der Waals surface area contributed by atoms with E-state index in [1.807, 2.05) is 0 Å². The molecule has 4 aromatic rings. The summed E-state index contributed by atoms with van der Waals surface area (Å²) in [6.45, 7) is 0. The highest BCUT2D eigenvalue weighted by molar-refractivity contribution is 7.15. The van der Waals surface area contributed by atoms with Crippen molar-refractivity contribution >= 4 is 56.3 Å². The molecule has 28 heavy (non-hydrogen) atoms. The molecule has 0 saturated heterocycles. The van der Waals surface area contributed by atoms with Crippen molar-refractivity contribution in [3.05, 3.63) is 91.4 Å². The number of hydrogen-bond acceptors (Lipinski definition) is 5. The Hall–Kier alpha value is -2.67. The SMILES string of the molecule is O=C(Nc1ncc(Cc2cc(Cl)ccc2Cl)s1)c1cc2ccccc2c(=O)o1. The Bertz CT molecular complexity index is 1250. The molecule has 8 heteroatoms. The van der Waals surface area contributed by atoms with Crippen molar-refractivity contribution < 1.29 is 9.21 Å². The lowest BCUT2D eigenvalue weighted by Gasteiger charge is -2.03. The van der Waals surface area contributed by atoms with Gasteiger partial charge in [-0.15, -0.1) is 11.3 Å². The third-order valence-corrected chi connectivity index (χ3v) is 5.56. The molecule has 5 nitrogen and oxygen atoms in total. The van der Waals surface area contributed by atoms with Crippen molar-refractivity contribution in [3.63, 3.8) is 0 Å². The van der Waals surface area contributed by atoms with Crippen molar-refractivity contribution in [1.82, 2.24) is 4.98 Å². The highest BCUT2D eigenvalue weighted by atomic mass is 35.5. The summed E-state index contributed by atoms with van der Waals surface area (Å²) >= 11 is 13.5. The molecule has 1 N–H and O–H groups in total. The molecule has 0 bridgehead atoms. The van der Waals surface area contributed by atoms with Gasteiger partial charge in [0.15, 0.2) is 10.9 Å². The van der Waals surface area contributed by atoms with E-state index in [-0.39, 0.29) is 5.76 Å². The summed E-state index contributed by atoms with van der Waals surface area (Å²) in [4.78, 5) is 29.6. The van der Waals surface area contributed by atoms with E-state index in [0.29, 0.717) is 32.4 Å². The summed E-state index contributed by atoms with van der Waals surface area (Å²) < 4.78 is 5.13. The number of fused-ring (bicyclic) bond motifs is 1. The molecule has 0 atom stereocenters. The third kappa shape index (κ3) is 3.94. The van der Waals surface area contributed by atoms with Crippen LogP contribution in [-0.2, 0) is 6.42 Å². The minimum Gasteiger partial charge on any atom is -0.417 e. The molecule has 0 aliphatic carbocycles. The predicted octanol–water partition coefficient (Wildman–Crippen LogP) is 5.40. The Morgan fingerprint density at radius 2 is 1.96 bits per heavy atom. The van der Waals surface area contributed by atoms with E-state index in [4.69, 9.17) is 27.6 Å². The molecule has 4 rings (SSSR count). The second kappa shape index (κ2) is 7.75. The van der Waals surface area contributed by atoms with E-state index in [0.717, 1.165) is 10.4 Å². The van der Waals surface area contributed by atoms with Crippen LogP contribution < -0.4 is 10.9 Å². The molecule has 0 aliphatic rings. The van der Waals surface area contributed by atoms with Crippen molar-refractivity contribution in [2.75, 3.05) is 5.32 Å². The van der Waals surface area contributed by atoms with Gasteiger partial charge in [-0.25, -0.2) is 9.78 Å². The van der Waals surface area contributed by atoms with Gasteiger partial charge in [0.1, 0.15) is 0 Å². The molecule has 0 aliphatic heterocycles. The first-order chi connectivity index (χ1) is 13.5. The standard InChI is InChI=1S/C20H12Cl2N2O3S/c21-13-5-6-16(22)12(7-13)8-14-10-23-20(28-14)24-18(25)17-9-11-3-1-2-4-15(11)19(26)27-17/h1-7,9-10H,8H2,(H,23,24,25). The van der Waals surface area contributed by atoms with Gasteiger partial charge in [-0.3, -0.25) is 10.1 Å². The number of amides is 1. The molecule has 2 aromatic heterocycles. The van der Waals surface area contributed by atoms with E-state index in [1.165, 1.54) is 17.4 Å². The minimum atomic E-state index is -0.557. The third-order valence-electron chi connectivity index (χ3n) is 4.04. The molecule has 0 radical (unpaired) electrons. The van der Waals surface area contributed by atoms with Crippen LogP contribution in [0.2, 0.25) is 10.0 Å². The number of carbonyl (C=O) groups is 1. The number of carbonyl (C=O) groups excluding carboxylic acids is 1. The van der Waals surface area contributed by atoms with Crippen LogP contribution in [0.1, 0.15) is 21.0 Å². The van der Waals surface area contributed by atoms with Crippen LogP contribution in [0.15, 0.2) is 63.9 Å². The van der Waals surface area contributed by atoms with E-state index in [9.17, 15) is 9.59 Å². The molecule has 0 fully saturated rings. The van der Waals surface area contributed by atoms with E-state index in [1.54, 1.807) is 48.7 Å². The molecule has 1 amide bonds. The van der Waals surface area contributed by atoms with Gasteiger partial charge in [0.2, 0.25) is 0 Å². The molecule has 0 saturated carbocycles. The average molecular weight is 431 g/mol. The summed E-state index contributed by atoms with van der Waals surface area (Å²) in [6.07, 6.45) is 2.20. The van der Waals surface area contributed by atoms with Crippen LogP contribution in [0.4, 0.5) is 5.13 Å². The summed E-state index contributed by atoms with van der Waals surface area (Å²) in [6, 6.07) is 13.7. The molecule has 0 unspecified atom stereocenters. The lowest BCUT2D eigenvalue weighted by atomic mass is 10.1. The summed E-state index contributed by atoms with van der Waals surface area (Å²) in [5.41, 5.74) is 0.315. The lowest BCUT2D eigenvalue weighted by molar-refractivity contribution is 0.0993. The fourth-order valence-corrected chi connectivity index (χ4v) is 3.93. The molecule has 140 valence electrons. The van der Waals surface area contributed by atoms with Crippen LogP contribution in [0.5, 0.6) is 0 Å². The number of benzene rings is 2. The van der Waals surface area contributed by atoms with Gasteiger partial charge in [0.05, 0.1) is 5.39 Å². The highest BCUT2D eigenvalue weighted by Crippen LogP contribution is 2.27. The van der Waals surface area contributed by atoms with Crippen LogP contribution >= 0.6 is 34.5 Å². The number of halogens is 2. The van der Waals surface area contributed by atoms with Crippen molar-refractivity contribution in [2.45, 2.75) is 6.42 Å². The molecule has 2 aromatic carbocycles. The zero-order valence-electron chi connectivity index (χ0n) is 14.2. The number of hydrogen-bond donors (Lipinski definition) is 1. The smallest absolute Gasteiger partial charge is 0.344 e. The Morgan fingerprint density at radius 1 is 1.14 bits per heavy atom. The van der Waals surface area contributed by atoms with Crippen LogP contribution in [0, 0.1) is 0 Å². The first-order valence-electron chi connectivity index (χ1n) is 8.22. The Balaban J connectivity index is 1.53. The van der Waals surface area contributed by atoms with Crippen LogP contribution in [-0.4, -0.2) is 10.9 Å². The monoisotopic (exact) mass is 430 g/mol. The zero-order chi connectivity index (χ0) is 19.7. The number of aromatic nitrogens is 1. The molecular weight excluding hydrogens is 419 g/mol. The maximum atomic E-state index is 12.5. The van der Waals surface area contributed by atoms with Gasteiger partial charge >= 0.3 is 5.63 Å². The van der Waals surface area contributed by atoms with Crippen molar-refractivity contribution in [3.8, 4) is 0 Å². The lowest BCUT2D eigenvalue weighted by Crippen LogP contribution is -2.14. The van der Waals surface area contributed by atoms with Gasteiger partial charge in [0, 0.05) is 27.5 Å². The van der Waals surface area contributed by atoms with Crippen molar-refractivity contribution in [1.29, 1.82) is 0 Å². The van der Waals surface area contributed by atoms with Gasteiger partial charge in [-0.05, 0) is 41.3 Å². The number of thiazole rings is 1. The fourth-order valence-electron chi connectivity index (χ4n) is 2.72. The summed E-state index contributed by atoms with van der Waals surface area (Å²) in [7, 11) is 0. The first-order valence-corrected chi connectivity index (χ1v) is 9.80. The fraction of sp³-hybridized carbons (Fsp3) is 0.0500. The van der Waals surface area contributed by atoms with Gasteiger partial charge in [-0.2, -0.15) is 0 Å². The maximum absolute atomic E-state index is 12.5. The molecule has 2 heterocycles. The Morgan fingerprint density at radius 3 is 2.82 bits per heavy atom. The number of rotatable bonds is 4. The highest BCUT2D eigenvalue weighted by Gasteiger charge is 2.14. The van der Waals surface area contributed by atoms with Crippen molar-refractivity contribution in [2.24, 2.45) is 0 Å². The average Bonchev–Trinajstić information content (AvgIpc) is 3.11.